The van der Waals surface area contributed by atoms with E-state index in [0.29, 0.717) is 18.0 Å². The topological polar surface area (TPSA) is 61.5 Å². The molecular formula is C15H23NO3. The van der Waals surface area contributed by atoms with Crippen LogP contribution in [0.5, 0.6) is 5.75 Å². The van der Waals surface area contributed by atoms with Crippen molar-refractivity contribution in [1.29, 1.82) is 0 Å². The fourth-order valence-electron chi connectivity index (χ4n) is 1.90. The number of hydrogen-bond acceptors (Lipinski definition) is 4. The molecule has 0 aliphatic heterocycles. The van der Waals surface area contributed by atoms with Gasteiger partial charge < -0.3 is 15.2 Å². The zero-order valence-corrected chi connectivity index (χ0v) is 12.1. The van der Waals surface area contributed by atoms with Crippen molar-refractivity contribution in [2.45, 2.75) is 40.2 Å². The van der Waals surface area contributed by atoms with Crippen LogP contribution in [0, 0.1) is 5.41 Å². The second-order valence-corrected chi connectivity index (χ2v) is 5.03. The Bertz CT molecular complexity index is 412. The molecule has 1 rings (SSSR count). The number of hydrogen-bond donors (Lipinski definition) is 1. The maximum Gasteiger partial charge on any atom is 0.315 e. The van der Waals surface area contributed by atoms with Crippen LogP contribution in [0.25, 0.3) is 0 Å². The Morgan fingerprint density at radius 3 is 2.32 bits per heavy atom. The van der Waals surface area contributed by atoms with Crippen LogP contribution in [-0.2, 0) is 9.53 Å². The van der Waals surface area contributed by atoms with E-state index in [1.807, 2.05) is 20.8 Å². The Balaban J connectivity index is 2.82. The maximum atomic E-state index is 12.0. The van der Waals surface area contributed by atoms with Crippen LogP contribution < -0.4 is 10.5 Å². The summed E-state index contributed by atoms with van der Waals surface area (Å²) in [6, 6.07) is 7.16. The molecule has 0 saturated heterocycles. The van der Waals surface area contributed by atoms with E-state index in [9.17, 15) is 4.79 Å². The van der Waals surface area contributed by atoms with Crippen molar-refractivity contribution in [1.82, 2.24) is 0 Å². The lowest BCUT2D eigenvalue weighted by molar-refractivity contribution is -0.159. The summed E-state index contributed by atoms with van der Waals surface area (Å²) >= 11 is 0. The maximum absolute atomic E-state index is 12.0. The molecule has 0 aliphatic rings. The van der Waals surface area contributed by atoms with Crippen LogP contribution >= 0.6 is 0 Å². The molecule has 0 fully saturated rings. The number of rotatable bonds is 6. The molecule has 0 aromatic heterocycles. The van der Waals surface area contributed by atoms with Gasteiger partial charge in [0.25, 0.3) is 0 Å². The Morgan fingerprint density at radius 1 is 1.26 bits per heavy atom. The Morgan fingerprint density at radius 2 is 1.84 bits per heavy atom. The highest BCUT2D eigenvalue weighted by Gasteiger charge is 2.39. The highest BCUT2D eigenvalue weighted by atomic mass is 16.5. The Hall–Kier alpha value is -1.71. The van der Waals surface area contributed by atoms with Gasteiger partial charge in [0.2, 0.25) is 0 Å². The fourth-order valence-corrected chi connectivity index (χ4v) is 1.90. The summed E-state index contributed by atoms with van der Waals surface area (Å²) in [5.74, 6) is 0.468. The fraction of sp³-hybridized carbons (Fsp3) is 0.533. The van der Waals surface area contributed by atoms with Crippen LogP contribution in [0.2, 0.25) is 0 Å². The number of carbonyl (C=O) groups is 1. The molecule has 106 valence electrons. The monoisotopic (exact) mass is 265 g/mol. The Labute approximate surface area is 114 Å². The number of benzene rings is 1. The molecule has 0 amide bonds. The highest BCUT2D eigenvalue weighted by molar-refractivity contribution is 5.76. The van der Waals surface area contributed by atoms with Crippen molar-refractivity contribution in [3.05, 3.63) is 24.3 Å². The van der Waals surface area contributed by atoms with Gasteiger partial charge in [-0.25, -0.2) is 0 Å². The molecule has 2 N–H and O–H groups in total. The summed E-state index contributed by atoms with van der Waals surface area (Å²) in [7, 11) is 0. The first-order valence-electron chi connectivity index (χ1n) is 6.61. The molecule has 1 aromatic carbocycles. The third-order valence-corrected chi connectivity index (χ3v) is 3.14. The minimum absolute atomic E-state index is 0.239. The Kier molecular flexibility index (Phi) is 5.21. The molecule has 1 atom stereocenters. The smallest absolute Gasteiger partial charge is 0.315 e. The van der Waals surface area contributed by atoms with Crippen LogP contribution in [0.3, 0.4) is 0 Å². The summed E-state index contributed by atoms with van der Waals surface area (Å²) in [5.41, 5.74) is 5.63. The molecule has 1 aromatic rings. The van der Waals surface area contributed by atoms with Crippen molar-refractivity contribution in [3.8, 4) is 5.75 Å². The number of nitrogen functional groups attached to an aromatic ring is 1. The van der Waals surface area contributed by atoms with Gasteiger partial charge in [-0.1, -0.05) is 6.92 Å². The molecule has 19 heavy (non-hydrogen) atoms. The first-order valence-corrected chi connectivity index (χ1v) is 6.61. The molecule has 0 radical (unpaired) electrons. The van der Waals surface area contributed by atoms with Gasteiger partial charge in [0.15, 0.2) is 0 Å². The van der Waals surface area contributed by atoms with E-state index in [1.54, 1.807) is 31.2 Å². The SMILES string of the molecule is CCOC(=O)C(C)(C)C(CC)Oc1ccc(N)cc1. The lowest BCUT2D eigenvalue weighted by Crippen LogP contribution is -2.41. The van der Waals surface area contributed by atoms with Crippen LogP contribution in [0.1, 0.15) is 34.1 Å². The zero-order chi connectivity index (χ0) is 14.5. The summed E-state index contributed by atoms with van der Waals surface area (Å²) < 4.78 is 11.0. The molecule has 0 spiro atoms. The molecule has 0 bridgehead atoms. The largest absolute Gasteiger partial charge is 0.489 e. The zero-order valence-electron chi connectivity index (χ0n) is 12.1. The molecule has 0 saturated carbocycles. The minimum atomic E-state index is -0.688. The van der Waals surface area contributed by atoms with Crippen molar-refractivity contribution < 1.29 is 14.3 Å². The number of carbonyl (C=O) groups excluding carboxylic acids is 1. The second-order valence-electron chi connectivity index (χ2n) is 5.03. The number of ether oxygens (including phenoxy) is 2. The van der Waals surface area contributed by atoms with Crippen molar-refractivity contribution >= 4 is 11.7 Å². The third kappa shape index (κ3) is 3.88. The van der Waals surface area contributed by atoms with E-state index >= 15 is 0 Å². The van der Waals surface area contributed by atoms with Crippen molar-refractivity contribution in [3.63, 3.8) is 0 Å². The van der Waals surface area contributed by atoms with Gasteiger partial charge in [-0.3, -0.25) is 4.79 Å². The lowest BCUT2D eigenvalue weighted by Gasteiger charge is -2.31. The molecule has 1 unspecified atom stereocenters. The quantitative estimate of drug-likeness (QED) is 0.634. The van der Waals surface area contributed by atoms with E-state index in [4.69, 9.17) is 15.2 Å². The van der Waals surface area contributed by atoms with Crippen molar-refractivity contribution in [2.75, 3.05) is 12.3 Å². The summed E-state index contributed by atoms with van der Waals surface area (Å²) in [4.78, 5) is 12.0. The van der Waals surface area contributed by atoms with Crippen LogP contribution in [0.4, 0.5) is 5.69 Å². The number of nitrogens with two attached hydrogens (primary N) is 1. The van der Waals surface area contributed by atoms with Crippen LogP contribution in [-0.4, -0.2) is 18.7 Å². The summed E-state index contributed by atoms with van der Waals surface area (Å²) in [6.45, 7) is 7.85. The van der Waals surface area contributed by atoms with Gasteiger partial charge in [-0.05, 0) is 51.5 Å². The van der Waals surface area contributed by atoms with Gasteiger partial charge in [-0.2, -0.15) is 0 Å². The van der Waals surface area contributed by atoms with E-state index < -0.39 is 5.41 Å². The average molecular weight is 265 g/mol. The van der Waals surface area contributed by atoms with E-state index in [0.717, 1.165) is 6.42 Å². The number of anilines is 1. The normalized spacial score (nSPS) is 12.8. The van der Waals surface area contributed by atoms with Crippen LogP contribution in [0.15, 0.2) is 24.3 Å². The summed E-state index contributed by atoms with van der Waals surface area (Å²) in [6.07, 6.45) is 0.478. The van der Waals surface area contributed by atoms with Crippen molar-refractivity contribution in [2.24, 2.45) is 5.41 Å². The van der Waals surface area contributed by atoms with Gasteiger partial charge in [-0.15, -0.1) is 0 Å². The van der Waals surface area contributed by atoms with E-state index in [-0.39, 0.29) is 12.1 Å². The molecule has 0 aliphatic carbocycles. The summed E-state index contributed by atoms with van der Waals surface area (Å²) in [5, 5.41) is 0. The van der Waals surface area contributed by atoms with Gasteiger partial charge in [0.05, 0.1) is 12.0 Å². The molecular weight excluding hydrogens is 242 g/mol. The highest BCUT2D eigenvalue weighted by Crippen LogP contribution is 2.29. The van der Waals surface area contributed by atoms with Gasteiger partial charge >= 0.3 is 5.97 Å². The van der Waals surface area contributed by atoms with Gasteiger partial charge in [0.1, 0.15) is 11.9 Å². The number of esters is 1. The first-order chi connectivity index (χ1) is 8.91. The first kappa shape index (κ1) is 15.3. The van der Waals surface area contributed by atoms with E-state index in [2.05, 4.69) is 0 Å². The second kappa shape index (κ2) is 6.45. The minimum Gasteiger partial charge on any atom is -0.489 e. The third-order valence-electron chi connectivity index (χ3n) is 3.14. The standard InChI is InChI=1S/C15H23NO3/c1-5-13(15(3,4)14(17)18-6-2)19-12-9-7-11(16)8-10-12/h7-10,13H,5-6,16H2,1-4H3. The van der Waals surface area contributed by atoms with Gasteiger partial charge in [0, 0.05) is 5.69 Å². The lowest BCUT2D eigenvalue weighted by atomic mass is 9.85. The average Bonchev–Trinajstić information content (AvgIpc) is 2.38. The molecule has 0 heterocycles. The predicted octanol–water partition coefficient (Wildman–Crippen LogP) is 3.02. The molecule has 4 heteroatoms. The van der Waals surface area contributed by atoms with E-state index in [1.165, 1.54) is 0 Å². The molecule has 4 nitrogen and oxygen atoms in total. The predicted molar refractivity (Wildman–Crippen MR) is 76.0 cm³/mol.